The van der Waals surface area contributed by atoms with Crippen molar-refractivity contribution in [3.8, 4) is 10.6 Å². The van der Waals surface area contributed by atoms with Gasteiger partial charge in [-0.2, -0.15) is 0 Å². The molecule has 128 valence electrons. The molecule has 8 nitrogen and oxygen atoms in total. The maximum atomic E-state index is 10.9. The van der Waals surface area contributed by atoms with Crippen LogP contribution in [-0.2, 0) is 4.79 Å². The van der Waals surface area contributed by atoms with Crippen LogP contribution in [0.15, 0.2) is 52.6 Å². The van der Waals surface area contributed by atoms with Crippen molar-refractivity contribution in [2.24, 2.45) is 11.6 Å². The first kappa shape index (κ1) is 18.2. The molecule has 0 aliphatic rings. The van der Waals surface area contributed by atoms with Crippen molar-refractivity contribution < 1.29 is 10.0 Å². The highest BCUT2D eigenvalue weighted by Crippen LogP contribution is 2.29. The van der Waals surface area contributed by atoms with Gasteiger partial charge in [0.15, 0.2) is 0 Å². The first-order valence-corrected chi connectivity index (χ1v) is 8.53. The number of benzene rings is 1. The molecule has 0 saturated heterocycles. The summed E-state index contributed by atoms with van der Waals surface area (Å²) in [6.07, 6.45) is 3.22. The molecule has 2 rings (SSSR count). The van der Waals surface area contributed by atoms with Crippen LogP contribution in [0.2, 0.25) is 0 Å². The minimum absolute atomic E-state index is 0.195. The normalized spacial score (nSPS) is 11.3. The Morgan fingerprint density at radius 1 is 1.42 bits per heavy atom. The maximum absolute atomic E-state index is 10.9. The van der Waals surface area contributed by atoms with Gasteiger partial charge in [0.2, 0.25) is 0 Å². The molecule has 1 heterocycles. The van der Waals surface area contributed by atoms with Gasteiger partial charge in [-0.25, -0.2) is 16.3 Å². The predicted molar refractivity (Wildman–Crippen MR) is 94.5 cm³/mol. The van der Waals surface area contributed by atoms with Crippen molar-refractivity contribution in [1.29, 1.82) is 0 Å². The van der Waals surface area contributed by atoms with Gasteiger partial charge in [-0.05, 0) is 11.9 Å². The molecule has 1 amide bonds. The summed E-state index contributed by atoms with van der Waals surface area (Å²) in [6, 6.07) is 9.94. The zero-order valence-corrected chi connectivity index (χ0v) is 14.3. The lowest BCUT2D eigenvalue weighted by atomic mass is 10.2. The third-order valence-electron chi connectivity index (χ3n) is 2.74. The fourth-order valence-electron chi connectivity index (χ4n) is 1.72. The summed E-state index contributed by atoms with van der Waals surface area (Å²) >= 11 is 2.99. The Morgan fingerprint density at radius 3 is 2.88 bits per heavy atom. The van der Waals surface area contributed by atoms with Crippen LogP contribution in [0.1, 0.15) is 0 Å². The van der Waals surface area contributed by atoms with Crippen LogP contribution < -0.4 is 21.8 Å². The quantitative estimate of drug-likeness (QED) is 0.202. The second-order valence-electron chi connectivity index (χ2n) is 4.68. The summed E-state index contributed by atoms with van der Waals surface area (Å²) in [5.74, 6) is 4.94. The van der Waals surface area contributed by atoms with E-state index >= 15 is 0 Å². The van der Waals surface area contributed by atoms with E-state index in [-0.39, 0.29) is 6.54 Å². The highest BCUT2D eigenvalue weighted by molar-refractivity contribution is 7.99. The van der Waals surface area contributed by atoms with Crippen LogP contribution in [0.5, 0.6) is 0 Å². The Morgan fingerprint density at radius 2 is 2.17 bits per heavy atom. The average molecular weight is 366 g/mol. The van der Waals surface area contributed by atoms with E-state index in [2.05, 4.69) is 9.71 Å². The third-order valence-corrected chi connectivity index (χ3v) is 4.67. The van der Waals surface area contributed by atoms with Crippen LogP contribution in [-0.4, -0.2) is 34.2 Å². The molecule has 0 spiro atoms. The summed E-state index contributed by atoms with van der Waals surface area (Å²) < 4.78 is 4.11. The molecule has 0 fully saturated rings. The van der Waals surface area contributed by atoms with E-state index in [0.717, 1.165) is 19.8 Å². The first-order valence-electron chi connectivity index (χ1n) is 6.90. The van der Waals surface area contributed by atoms with Gasteiger partial charge >= 0.3 is 0 Å². The molecule has 2 aromatic rings. The number of thiazole rings is 1. The van der Waals surface area contributed by atoms with E-state index in [0.29, 0.717) is 12.2 Å². The summed E-state index contributed by atoms with van der Waals surface area (Å²) in [4.78, 5) is 15.3. The van der Waals surface area contributed by atoms with Gasteiger partial charge in [-0.3, -0.25) is 14.7 Å². The van der Waals surface area contributed by atoms with E-state index in [1.807, 2.05) is 30.3 Å². The Bertz CT molecular complexity index is 692. The third kappa shape index (κ3) is 5.83. The maximum Gasteiger partial charge on any atom is 0.264 e. The Balaban J connectivity index is 1.80. The lowest BCUT2D eigenvalue weighted by Crippen LogP contribution is -2.37. The molecular formula is C14H18N6O2S2. The Labute approximate surface area is 147 Å². The monoisotopic (exact) mass is 366 g/mol. The molecule has 0 radical (unpaired) electrons. The minimum atomic E-state index is -0.623. The van der Waals surface area contributed by atoms with Gasteiger partial charge in [-0.1, -0.05) is 30.3 Å². The number of amides is 1. The van der Waals surface area contributed by atoms with E-state index in [1.165, 1.54) is 23.6 Å². The number of carbonyl (C=O) groups excluding carboxylic acids is 1. The SMILES string of the molecule is N/C(=C\N(N)CC(=O)NO)CNSc1cnc(-c2ccccc2)s1. The number of hydrogen-bond acceptors (Lipinski definition) is 9. The molecule has 0 bridgehead atoms. The number of hydrogen-bond donors (Lipinski definition) is 5. The zero-order chi connectivity index (χ0) is 17.4. The molecule has 1 aromatic carbocycles. The summed E-state index contributed by atoms with van der Waals surface area (Å²) in [5.41, 5.74) is 8.83. The van der Waals surface area contributed by atoms with Gasteiger partial charge in [0, 0.05) is 24.0 Å². The Hall–Kier alpha value is -2.11. The Kier molecular flexibility index (Phi) is 7.03. The fraction of sp³-hybridized carbons (Fsp3) is 0.143. The molecule has 0 aliphatic carbocycles. The molecule has 24 heavy (non-hydrogen) atoms. The van der Waals surface area contributed by atoms with Crippen LogP contribution in [0.4, 0.5) is 0 Å². The number of hydroxylamine groups is 1. The number of nitrogens with zero attached hydrogens (tertiary/aromatic N) is 2. The second kappa shape index (κ2) is 9.25. The molecule has 7 N–H and O–H groups in total. The van der Waals surface area contributed by atoms with Crippen LogP contribution in [0.3, 0.4) is 0 Å². The van der Waals surface area contributed by atoms with E-state index in [4.69, 9.17) is 16.8 Å². The van der Waals surface area contributed by atoms with Crippen LogP contribution in [0, 0.1) is 0 Å². The highest BCUT2D eigenvalue weighted by Gasteiger charge is 2.06. The lowest BCUT2D eigenvalue weighted by molar-refractivity contribution is -0.129. The highest BCUT2D eigenvalue weighted by atomic mass is 32.2. The smallest absolute Gasteiger partial charge is 0.264 e. The number of rotatable bonds is 8. The number of carbonyl (C=O) groups is 1. The van der Waals surface area contributed by atoms with Crippen LogP contribution >= 0.6 is 23.3 Å². The van der Waals surface area contributed by atoms with Crippen molar-refractivity contribution >= 4 is 29.2 Å². The van der Waals surface area contributed by atoms with Gasteiger partial charge in [0.1, 0.15) is 11.6 Å². The summed E-state index contributed by atoms with van der Waals surface area (Å²) in [7, 11) is 0. The number of hydrazine groups is 1. The molecular weight excluding hydrogens is 348 g/mol. The predicted octanol–water partition coefficient (Wildman–Crippen LogP) is 0.888. The van der Waals surface area contributed by atoms with Crippen molar-refractivity contribution in [3.63, 3.8) is 0 Å². The standard InChI is InChI=1S/C14H18N6O2S2/c15-11(8-20(16)9-12(21)19-22)6-18-24-13-7-17-14(23-13)10-4-2-1-3-5-10/h1-5,7-8,18,22H,6,9,15-16H2,(H,19,21)/b11-8-. The molecule has 10 heteroatoms. The van der Waals surface area contributed by atoms with Crippen molar-refractivity contribution in [2.45, 2.75) is 4.21 Å². The molecule has 0 unspecified atom stereocenters. The summed E-state index contributed by atoms with van der Waals surface area (Å²) in [5, 5.41) is 10.5. The second-order valence-corrected chi connectivity index (χ2v) is 6.91. The van der Waals surface area contributed by atoms with E-state index in [9.17, 15) is 4.79 Å². The van der Waals surface area contributed by atoms with Gasteiger partial charge in [0.25, 0.3) is 5.91 Å². The molecule has 0 atom stereocenters. The topological polar surface area (TPSA) is 130 Å². The minimum Gasteiger partial charge on any atom is -0.400 e. The zero-order valence-electron chi connectivity index (χ0n) is 12.7. The molecule has 1 aromatic heterocycles. The molecule has 0 saturated carbocycles. The molecule has 0 aliphatic heterocycles. The van der Waals surface area contributed by atoms with Crippen molar-refractivity contribution in [3.05, 3.63) is 48.4 Å². The van der Waals surface area contributed by atoms with E-state index < -0.39 is 5.91 Å². The van der Waals surface area contributed by atoms with Crippen molar-refractivity contribution in [1.82, 2.24) is 20.2 Å². The van der Waals surface area contributed by atoms with Crippen LogP contribution in [0.25, 0.3) is 10.6 Å². The largest absolute Gasteiger partial charge is 0.400 e. The number of aromatic nitrogens is 1. The summed E-state index contributed by atoms with van der Waals surface area (Å²) in [6.45, 7) is 0.178. The van der Waals surface area contributed by atoms with Gasteiger partial charge < -0.3 is 10.7 Å². The first-order chi connectivity index (χ1) is 11.6. The van der Waals surface area contributed by atoms with E-state index in [1.54, 1.807) is 17.5 Å². The average Bonchev–Trinajstić information content (AvgIpc) is 3.04. The van der Waals surface area contributed by atoms with Gasteiger partial charge in [0.05, 0.1) is 10.4 Å². The number of nitrogens with one attached hydrogen (secondary N) is 2. The van der Waals surface area contributed by atoms with Crippen molar-refractivity contribution in [2.75, 3.05) is 13.1 Å². The fourth-order valence-corrected chi connectivity index (χ4v) is 3.44. The number of nitrogens with two attached hydrogens (primary N) is 2. The van der Waals surface area contributed by atoms with Gasteiger partial charge in [-0.15, -0.1) is 11.3 Å². The lowest BCUT2D eigenvalue weighted by Gasteiger charge is -2.13.